The van der Waals surface area contributed by atoms with Crippen molar-refractivity contribution in [1.29, 1.82) is 0 Å². The zero-order valence-corrected chi connectivity index (χ0v) is 11.0. The van der Waals surface area contributed by atoms with Crippen LogP contribution >= 0.6 is 0 Å². The molecule has 1 aromatic rings. The highest BCUT2D eigenvalue weighted by atomic mass is 16.7. The lowest BCUT2D eigenvalue weighted by Crippen LogP contribution is -2.45. The van der Waals surface area contributed by atoms with Crippen LogP contribution in [0.25, 0.3) is 0 Å². The number of nitrogens with one attached hydrogen (secondary N) is 1. The normalized spacial score (nSPS) is 20.2. The maximum Gasteiger partial charge on any atom is 0.162 e. The molecule has 1 aliphatic heterocycles. The van der Waals surface area contributed by atoms with Crippen LogP contribution in [0.4, 0.5) is 5.69 Å². The average molecular weight is 235 g/mol. The Morgan fingerprint density at radius 2 is 1.82 bits per heavy atom. The van der Waals surface area contributed by atoms with E-state index in [1.54, 1.807) is 0 Å². The Hall–Kier alpha value is -1.06. The van der Waals surface area contributed by atoms with Crippen molar-refractivity contribution >= 4 is 5.69 Å². The lowest BCUT2D eigenvalue weighted by molar-refractivity contribution is -0.247. The molecule has 0 aromatic heterocycles. The van der Waals surface area contributed by atoms with Crippen LogP contribution in [-0.4, -0.2) is 25.0 Å². The second kappa shape index (κ2) is 4.67. The van der Waals surface area contributed by atoms with Crippen molar-refractivity contribution in [2.45, 2.75) is 39.5 Å². The summed E-state index contributed by atoms with van der Waals surface area (Å²) in [4.78, 5) is 0. The van der Waals surface area contributed by atoms with E-state index in [1.807, 2.05) is 13.8 Å². The zero-order chi connectivity index (χ0) is 12.5. The van der Waals surface area contributed by atoms with Gasteiger partial charge in [0, 0.05) is 5.69 Å². The standard InChI is InChI=1S/C14H21NO2/c1-10-6-5-7-13(11(10)2)15-12-8-16-14(3,4)17-9-12/h5-7,12,15H,8-9H2,1-4H3. The predicted molar refractivity (Wildman–Crippen MR) is 69.3 cm³/mol. The number of benzene rings is 1. The first kappa shape index (κ1) is 12.4. The minimum absolute atomic E-state index is 0.225. The molecular weight excluding hydrogens is 214 g/mol. The van der Waals surface area contributed by atoms with Crippen molar-refractivity contribution in [3.05, 3.63) is 29.3 Å². The molecule has 0 atom stereocenters. The third kappa shape index (κ3) is 2.99. The largest absolute Gasteiger partial charge is 0.377 e. The van der Waals surface area contributed by atoms with Gasteiger partial charge in [0.1, 0.15) is 0 Å². The number of hydrogen-bond acceptors (Lipinski definition) is 3. The van der Waals surface area contributed by atoms with E-state index in [2.05, 4.69) is 37.4 Å². The highest BCUT2D eigenvalue weighted by Gasteiger charge is 2.28. The van der Waals surface area contributed by atoms with Gasteiger partial charge in [0.15, 0.2) is 5.79 Å². The van der Waals surface area contributed by atoms with Gasteiger partial charge in [0.05, 0.1) is 19.3 Å². The molecule has 3 nitrogen and oxygen atoms in total. The van der Waals surface area contributed by atoms with E-state index in [0.717, 1.165) is 0 Å². The van der Waals surface area contributed by atoms with E-state index in [4.69, 9.17) is 9.47 Å². The summed E-state index contributed by atoms with van der Waals surface area (Å²) in [7, 11) is 0. The molecule has 1 heterocycles. The summed E-state index contributed by atoms with van der Waals surface area (Å²) in [6, 6.07) is 6.52. The molecule has 0 aliphatic carbocycles. The maximum atomic E-state index is 5.64. The Labute approximate surface area is 103 Å². The summed E-state index contributed by atoms with van der Waals surface area (Å²) in [5.74, 6) is -0.445. The Balaban J connectivity index is 2.00. The molecule has 0 unspecified atom stereocenters. The lowest BCUT2D eigenvalue weighted by Gasteiger charge is -2.35. The molecule has 17 heavy (non-hydrogen) atoms. The van der Waals surface area contributed by atoms with Gasteiger partial charge in [-0.05, 0) is 44.9 Å². The van der Waals surface area contributed by atoms with Crippen LogP contribution in [0.5, 0.6) is 0 Å². The second-order valence-electron chi connectivity index (χ2n) is 5.11. The Kier molecular flexibility index (Phi) is 3.40. The Bertz CT molecular complexity index is 391. The quantitative estimate of drug-likeness (QED) is 0.855. The van der Waals surface area contributed by atoms with E-state index in [0.29, 0.717) is 13.2 Å². The van der Waals surface area contributed by atoms with Gasteiger partial charge in [-0.2, -0.15) is 0 Å². The van der Waals surface area contributed by atoms with E-state index < -0.39 is 5.79 Å². The van der Waals surface area contributed by atoms with E-state index in [-0.39, 0.29) is 6.04 Å². The number of aryl methyl sites for hydroxylation is 1. The van der Waals surface area contributed by atoms with Crippen molar-refractivity contribution in [2.24, 2.45) is 0 Å². The third-order valence-electron chi connectivity index (χ3n) is 3.23. The van der Waals surface area contributed by atoms with Gasteiger partial charge in [0.25, 0.3) is 0 Å². The molecule has 1 fully saturated rings. The molecule has 0 amide bonds. The van der Waals surface area contributed by atoms with Crippen molar-refractivity contribution in [2.75, 3.05) is 18.5 Å². The fourth-order valence-electron chi connectivity index (χ4n) is 1.90. The van der Waals surface area contributed by atoms with E-state index in [9.17, 15) is 0 Å². The third-order valence-corrected chi connectivity index (χ3v) is 3.23. The summed E-state index contributed by atoms with van der Waals surface area (Å²) >= 11 is 0. The summed E-state index contributed by atoms with van der Waals surface area (Å²) in [6.07, 6.45) is 0. The fourth-order valence-corrected chi connectivity index (χ4v) is 1.90. The summed E-state index contributed by atoms with van der Waals surface area (Å²) < 4.78 is 11.3. The van der Waals surface area contributed by atoms with Crippen molar-refractivity contribution in [3.63, 3.8) is 0 Å². The van der Waals surface area contributed by atoms with Crippen LogP contribution in [0.3, 0.4) is 0 Å². The highest BCUT2D eigenvalue weighted by molar-refractivity contribution is 5.54. The van der Waals surface area contributed by atoms with Crippen LogP contribution in [-0.2, 0) is 9.47 Å². The molecule has 94 valence electrons. The molecule has 1 N–H and O–H groups in total. The van der Waals surface area contributed by atoms with E-state index in [1.165, 1.54) is 16.8 Å². The molecule has 0 bridgehead atoms. The number of anilines is 1. The van der Waals surface area contributed by atoms with Crippen molar-refractivity contribution < 1.29 is 9.47 Å². The maximum absolute atomic E-state index is 5.64. The molecule has 0 radical (unpaired) electrons. The lowest BCUT2D eigenvalue weighted by atomic mass is 10.1. The van der Waals surface area contributed by atoms with Crippen molar-refractivity contribution in [3.8, 4) is 0 Å². The fraction of sp³-hybridized carbons (Fsp3) is 0.571. The monoisotopic (exact) mass is 235 g/mol. The van der Waals surface area contributed by atoms with Gasteiger partial charge in [0.2, 0.25) is 0 Å². The van der Waals surface area contributed by atoms with Gasteiger partial charge in [-0.1, -0.05) is 12.1 Å². The minimum Gasteiger partial charge on any atom is -0.377 e. The van der Waals surface area contributed by atoms with Crippen LogP contribution in [0.15, 0.2) is 18.2 Å². The average Bonchev–Trinajstić information content (AvgIpc) is 2.27. The second-order valence-corrected chi connectivity index (χ2v) is 5.11. The first-order chi connectivity index (χ1) is 7.98. The van der Waals surface area contributed by atoms with Crippen LogP contribution in [0.1, 0.15) is 25.0 Å². The molecule has 3 heteroatoms. The first-order valence-electron chi connectivity index (χ1n) is 6.08. The predicted octanol–water partition coefficient (Wildman–Crippen LogP) is 2.87. The van der Waals surface area contributed by atoms with Gasteiger partial charge in [-0.25, -0.2) is 0 Å². The summed E-state index contributed by atoms with van der Waals surface area (Å²) in [5, 5.41) is 3.48. The van der Waals surface area contributed by atoms with Gasteiger partial charge < -0.3 is 14.8 Å². The Morgan fingerprint density at radius 3 is 2.47 bits per heavy atom. The first-order valence-corrected chi connectivity index (χ1v) is 6.08. The Morgan fingerprint density at radius 1 is 1.18 bits per heavy atom. The molecule has 1 aliphatic rings. The molecule has 0 spiro atoms. The van der Waals surface area contributed by atoms with Gasteiger partial charge >= 0.3 is 0 Å². The topological polar surface area (TPSA) is 30.5 Å². The molecule has 0 saturated carbocycles. The van der Waals surface area contributed by atoms with Crippen LogP contribution in [0.2, 0.25) is 0 Å². The SMILES string of the molecule is Cc1cccc(NC2COC(C)(C)OC2)c1C. The molecular formula is C14H21NO2. The summed E-state index contributed by atoms with van der Waals surface area (Å²) in [6.45, 7) is 9.51. The van der Waals surface area contributed by atoms with Gasteiger partial charge in [-0.3, -0.25) is 0 Å². The van der Waals surface area contributed by atoms with Gasteiger partial charge in [-0.15, -0.1) is 0 Å². The summed E-state index contributed by atoms with van der Waals surface area (Å²) in [5.41, 5.74) is 3.76. The molecule has 1 aromatic carbocycles. The highest BCUT2D eigenvalue weighted by Crippen LogP contribution is 2.22. The smallest absolute Gasteiger partial charge is 0.162 e. The van der Waals surface area contributed by atoms with Crippen LogP contribution in [0, 0.1) is 13.8 Å². The number of rotatable bonds is 2. The minimum atomic E-state index is -0.445. The van der Waals surface area contributed by atoms with Crippen molar-refractivity contribution in [1.82, 2.24) is 0 Å². The zero-order valence-electron chi connectivity index (χ0n) is 11.0. The van der Waals surface area contributed by atoms with Crippen LogP contribution < -0.4 is 5.32 Å². The number of ether oxygens (including phenoxy) is 2. The van der Waals surface area contributed by atoms with E-state index >= 15 is 0 Å². The molecule has 1 saturated heterocycles. The number of hydrogen-bond donors (Lipinski definition) is 1. The molecule has 2 rings (SSSR count).